The van der Waals surface area contributed by atoms with Crippen LogP contribution in [0.3, 0.4) is 0 Å². The van der Waals surface area contributed by atoms with E-state index in [1.807, 2.05) is 30.3 Å². The van der Waals surface area contributed by atoms with Crippen LogP contribution in [0.5, 0.6) is 0 Å². The normalized spacial score (nSPS) is 19.8. The van der Waals surface area contributed by atoms with E-state index in [0.717, 1.165) is 36.6 Å². The van der Waals surface area contributed by atoms with E-state index < -0.39 is 35.5 Å². The highest BCUT2D eigenvalue weighted by Crippen LogP contribution is 2.29. The van der Waals surface area contributed by atoms with Crippen LogP contribution in [-0.2, 0) is 20.8 Å². The van der Waals surface area contributed by atoms with E-state index in [2.05, 4.69) is 10.6 Å². The Labute approximate surface area is 186 Å². The zero-order chi connectivity index (χ0) is 23.3. The minimum Gasteiger partial charge on any atom is -0.344 e. The maximum atomic E-state index is 13.3. The van der Waals surface area contributed by atoms with Crippen molar-refractivity contribution in [3.8, 4) is 0 Å². The maximum Gasteiger partial charge on any atom is 0.245 e. The highest BCUT2D eigenvalue weighted by molar-refractivity contribution is 5.92. The Bertz CT molecular complexity index is 963. The molecule has 3 atom stereocenters. The van der Waals surface area contributed by atoms with E-state index in [4.69, 9.17) is 0 Å². The van der Waals surface area contributed by atoms with Gasteiger partial charge in [0.2, 0.25) is 17.7 Å². The first-order valence-corrected chi connectivity index (χ1v) is 10.6. The summed E-state index contributed by atoms with van der Waals surface area (Å²) >= 11 is 0. The van der Waals surface area contributed by atoms with Crippen LogP contribution in [0.4, 0.5) is 8.78 Å². The van der Waals surface area contributed by atoms with E-state index in [1.54, 1.807) is 11.9 Å². The van der Waals surface area contributed by atoms with Crippen LogP contribution >= 0.6 is 0 Å². The molecule has 2 aromatic rings. The molecule has 0 unspecified atom stereocenters. The first-order chi connectivity index (χ1) is 15.2. The number of halogens is 2. The second-order valence-electron chi connectivity index (χ2n) is 8.11. The largest absolute Gasteiger partial charge is 0.344 e. The molecule has 0 radical (unpaired) electrons. The van der Waals surface area contributed by atoms with E-state index in [0.29, 0.717) is 6.42 Å². The van der Waals surface area contributed by atoms with Crippen molar-refractivity contribution in [2.24, 2.45) is 0 Å². The van der Waals surface area contributed by atoms with Gasteiger partial charge in [-0.05, 0) is 49.4 Å². The number of likely N-dealkylation sites (tertiary alicyclic amines) is 1. The first-order valence-electron chi connectivity index (χ1n) is 10.6. The third-order valence-corrected chi connectivity index (χ3v) is 5.64. The fourth-order valence-electron chi connectivity index (χ4n) is 3.98. The minimum absolute atomic E-state index is 0.0607. The average molecular weight is 443 g/mol. The quantitative estimate of drug-likeness (QED) is 0.721. The number of hydrogen-bond donors (Lipinski definition) is 2. The summed E-state index contributed by atoms with van der Waals surface area (Å²) in [5.74, 6) is -2.77. The second-order valence-corrected chi connectivity index (χ2v) is 8.11. The summed E-state index contributed by atoms with van der Waals surface area (Å²) in [5.41, 5.74) is 1.21. The average Bonchev–Trinajstić information content (AvgIpc) is 2.87. The Morgan fingerprint density at radius 1 is 1.09 bits per heavy atom. The summed E-state index contributed by atoms with van der Waals surface area (Å²) in [6.07, 6.45) is 1.78. The third kappa shape index (κ3) is 5.90. The summed E-state index contributed by atoms with van der Waals surface area (Å²) in [4.78, 5) is 39.4. The van der Waals surface area contributed by atoms with Crippen molar-refractivity contribution < 1.29 is 23.2 Å². The molecule has 3 rings (SSSR count). The highest BCUT2D eigenvalue weighted by atomic mass is 19.1. The van der Waals surface area contributed by atoms with Crippen LogP contribution in [0, 0.1) is 11.6 Å². The summed E-state index contributed by atoms with van der Waals surface area (Å²) in [6, 6.07) is 10.9. The lowest BCUT2D eigenvalue weighted by molar-refractivity contribution is -0.137. The van der Waals surface area contributed by atoms with Gasteiger partial charge in [-0.2, -0.15) is 0 Å². The molecule has 1 fully saturated rings. The molecule has 1 heterocycles. The fourth-order valence-corrected chi connectivity index (χ4v) is 3.98. The van der Waals surface area contributed by atoms with Crippen LogP contribution in [0.15, 0.2) is 48.5 Å². The van der Waals surface area contributed by atoms with Crippen molar-refractivity contribution in [1.82, 2.24) is 15.5 Å². The lowest BCUT2D eigenvalue weighted by Crippen LogP contribution is -2.52. The molecule has 0 aliphatic carbocycles. The molecule has 0 bridgehead atoms. The molecule has 1 aliphatic rings. The Hall–Kier alpha value is -3.29. The minimum atomic E-state index is -0.910. The lowest BCUT2D eigenvalue weighted by Gasteiger charge is -2.29. The van der Waals surface area contributed by atoms with Crippen molar-refractivity contribution >= 4 is 17.7 Å². The van der Waals surface area contributed by atoms with Crippen molar-refractivity contribution in [1.29, 1.82) is 0 Å². The predicted octanol–water partition coefficient (Wildman–Crippen LogP) is 2.88. The van der Waals surface area contributed by atoms with E-state index in [1.165, 1.54) is 6.92 Å². The number of benzene rings is 2. The number of nitrogens with zero attached hydrogens (tertiary/aromatic N) is 1. The summed E-state index contributed by atoms with van der Waals surface area (Å²) in [6.45, 7) is 1.50. The zero-order valence-corrected chi connectivity index (χ0v) is 18.1. The lowest BCUT2D eigenvalue weighted by atomic mass is 10.0. The van der Waals surface area contributed by atoms with Crippen LogP contribution in [-0.4, -0.2) is 41.8 Å². The molecule has 3 amide bonds. The van der Waals surface area contributed by atoms with E-state index in [9.17, 15) is 23.2 Å². The van der Waals surface area contributed by atoms with Crippen molar-refractivity contribution in [2.75, 3.05) is 7.05 Å². The smallest absolute Gasteiger partial charge is 0.245 e. The van der Waals surface area contributed by atoms with Gasteiger partial charge >= 0.3 is 0 Å². The van der Waals surface area contributed by atoms with Gasteiger partial charge in [0.15, 0.2) is 0 Å². The van der Waals surface area contributed by atoms with Crippen molar-refractivity contribution in [2.45, 2.75) is 50.7 Å². The molecule has 0 aromatic heterocycles. The number of amides is 3. The molecule has 32 heavy (non-hydrogen) atoms. The molecular formula is C24H27F2N3O3. The van der Waals surface area contributed by atoms with Gasteiger partial charge in [-0.3, -0.25) is 14.4 Å². The van der Waals surface area contributed by atoms with Gasteiger partial charge in [0, 0.05) is 13.1 Å². The summed E-state index contributed by atoms with van der Waals surface area (Å²) in [7, 11) is 1.73. The number of carbonyl (C=O) groups is 3. The molecule has 0 saturated carbocycles. The number of likely N-dealkylation sites (N-methyl/N-ethyl adjacent to an activating group) is 1. The fraction of sp³-hybridized carbons (Fsp3) is 0.375. The SMILES string of the molecule is C[C@H](NC(=O)Cc1cc(F)cc(F)c1)C(=O)N[C@H]1CCC[C@@H](c2ccccc2)N(C)C1=O. The molecule has 6 nitrogen and oxygen atoms in total. The highest BCUT2D eigenvalue weighted by Gasteiger charge is 2.33. The first kappa shape index (κ1) is 23.4. The number of carbonyl (C=O) groups excluding carboxylic acids is 3. The van der Waals surface area contributed by atoms with Gasteiger partial charge in [0.25, 0.3) is 0 Å². The molecular weight excluding hydrogens is 416 g/mol. The Balaban J connectivity index is 1.57. The summed E-state index contributed by atoms with van der Waals surface area (Å²) < 4.78 is 26.6. The van der Waals surface area contributed by atoms with Gasteiger partial charge in [-0.25, -0.2) is 8.78 Å². The topological polar surface area (TPSA) is 78.5 Å². The van der Waals surface area contributed by atoms with E-state index >= 15 is 0 Å². The van der Waals surface area contributed by atoms with Crippen LogP contribution in [0.2, 0.25) is 0 Å². The van der Waals surface area contributed by atoms with Gasteiger partial charge in [0.1, 0.15) is 23.7 Å². The van der Waals surface area contributed by atoms with Crippen molar-refractivity contribution in [3.63, 3.8) is 0 Å². The van der Waals surface area contributed by atoms with Gasteiger partial charge < -0.3 is 15.5 Å². The van der Waals surface area contributed by atoms with Gasteiger partial charge in [-0.1, -0.05) is 30.3 Å². The molecule has 0 spiro atoms. The van der Waals surface area contributed by atoms with Crippen LogP contribution < -0.4 is 10.6 Å². The maximum absolute atomic E-state index is 13.3. The Morgan fingerprint density at radius 3 is 2.41 bits per heavy atom. The third-order valence-electron chi connectivity index (χ3n) is 5.64. The molecule has 2 N–H and O–H groups in total. The van der Waals surface area contributed by atoms with E-state index in [-0.39, 0.29) is 23.9 Å². The van der Waals surface area contributed by atoms with Crippen LogP contribution in [0.1, 0.15) is 43.4 Å². The number of rotatable bonds is 6. The zero-order valence-electron chi connectivity index (χ0n) is 18.1. The summed E-state index contributed by atoms with van der Waals surface area (Å²) in [5, 5.41) is 5.25. The van der Waals surface area contributed by atoms with Gasteiger partial charge in [0.05, 0.1) is 12.5 Å². The second kappa shape index (κ2) is 10.3. The molecule has 8 heteroatoms. The van der Waals surface area contributed by atoms with Gasteiger partial charge in [-0.15, -0.1) is 0 Å². The molecule has 1 aliphatic heterocycles. The standard InChI is InChI=1S/C24H27F2N3O3/c1-15(27-22(30)13-16-11-18(25)14-19(26)12-16)23(31)28-20-9-6-10-21(29(2)24(20)32)17-7-4-3-5-8-17/h3-5,7-8,11-12,14-15,20-21H,6,9-10,13H2,1-2H3,(H,27,30)(H,28,31)/t15-,20-,21-/m0/s1. The monoisotopic (exact) mass is 443 g/mol. The number of hydrogen-bond acceptors (Lipinski definition) is 3. The Kier molecular flexibility index (Phi) is 7.56. The van der Waals surface area contributed by atoms with Crippen LogP contribution in [0.25, 0.3) is 0 Å². The molecule has 2 aromatic carbocycles. The Morgan fingerprint density at radius 2 is 1.75 bits per heavy atom. The van der Waals surface area contributed by atoms with Crippen molar-refractivity contribution in [3.05, 3.63) is 71.3 Å². The predicted molar refractivity (Wildman–Crippen MR) is 115 cm³/mol. The molecule has 1 saturated heterocycles. The molecule has 170 valence electrons. The number of nitrogens with one attached hydrogen (secondary N) is 2.